The SMILES string of the molecule is CCCCCCCCCCCCN(c1nc(NCCCN(CCCC)CCCNc2nc(N(CCCCCCCCCCCC)C3CC(C)(C)N(C)C(C)(C)C3)nc(N(CCCCCCCCCCCC)C3CC(C)(C)N(C)C(C)(C)C3)n2)nc(N(CCCCCCCCCCCC)C2CC(C)(C)N(C)C(C)(C)C2)n1)C1CC(C)(C)N(C)C(C)(C)C1. The van der Waals surface area contributed by atoms with Gasteiger partial charge in [0, 0.05) is 108 Å². The van der Waals surface area contributed by atoms with Crippen molar-refractivity contribution in [3.05, 3.63) is 0 Å². The van der Waals surface area contributed by atoms with Gasteiger partial charge in [0.05, 0.1) is 0 Å². The van der Waals surface area contributed by atoms with Crippen LogP contribution in [-0.4, -0.2) is 210 Å². The maximum Gasteiger partial charge on any atom is 0.232 e. The van der Waals surface area contributed by atoms with Crippen LogP contribution in [-0.2, 0) is 0 Å². The molecule has 704 valence electrons. The van der Waals surface area contributed by atoms with E-state index >= 15 is 0 Å². The summed E-state index contributed by atoms with van der Waals surface area (Å²) in [5, 5.41) is 7.98. The first kappa shape index (κ1) is 106. The van der Waals surface area contributed by atoms with Crippen molar-refractivity contribution in [2.24, 2.45) is 0 Å². The molecule has 2 aromatic heterocycles. The van der Waals surface area contributed by atoms with Crippen LogP contribution >= 0.6 is 0 Å². The number of anilines is 6. The van der Waals surface area contributed by atoms with Crippen LogP contribution in [0.25, 0.3) is 0 Å². The molecule has 4 saturated heterocycles. The van der Waals surface area contributed by atoms with E-state index < -0.39 is 0 Å². The maximum absolute atomic E-state index is 5.88. The first-order valence-electron chi connectivity index (χ1n) is 52.2. The second kappa shape index (κ2) is 53.6. The minimum Gasteiger partial charge on any atom is -0.354 e. The predicted octanol–water partition coefficient (Wildman–Crippen LogP) is 27.0. The molecule has 0 radical (unpaired) electrons. The third-order valence-electron chi connectivity index (χ3n) is 30.9. The Morgan fingerprint density at radius 3 is 0.570 bits per heavy atom. The van der Waals surface area contributed by atoms with Crippen molar-refractivity contribution >= 4 is 35.7 Å². The van der Waals surface area contributed by atoms with E-state index in [0.29, 0.717) is 24.2 Å². The van der Waals surface area contributed by atoms with E-state index in [9.17, 15) is 0 Å². The third-order valence-corrected chi connectivity index (χ3v) is 30.9. The summed E-state index contributed by atoms with van der Waals surface area (Å²) in [5.41, 5.74) is 0.0853. The van der Waals surface area contributed by atoms with E-state index in [-0.39, 0.29) is 44.3 Å². The Morgan fingerprint density at radius 2 is 0.388 bits per heavy atom. The molecule has 121 heavy (non-hydrogen) atoms. The van der Waals surface area contributed by atoms with Gasteiger partial charge >= 0.3 is 0 Å². The van der Waals surface area contributed by atoms with Crippen LogP contribution in [0, 0.1) is 0 Å². The molecule has 4 aliphatic heterocycles. The summed E-state index contributed by atoms with van der Waals surface area (Å²) in [7, 11) is 9.44. The summed E-state index contributed by atoms with van der Waals surface area (Å²) in [5.74, 6) is 5.02. The number of unbranched alkanes of at least 4 members (excludes halogenated alkanes) is 37. The first-order chi connectivity index (χ1) is 57.5. The fraction of sp³-hybridized carbons (Fsp3) is 0.942. The van der Waals surface area contributed by atoms with Gasteiger partial charge in [-0.15, -0.1) is 0 Å². The molecule has 17 nitrogen and oxygen atoms in total. The van der Waals surface area contributed by atoms with E-state index in [2.05, 4.69) is 228 Å². The maximum atomic E-state index is 5.88. The monoisotopic (exact) mass is 1690 g/mol. The largest absolute Gasteiger partial charge is 0.354 e. The lowest BCUT2D eigenvalue weighted by atomic mass is 9.77. The molecule has 0 saturated carbocycles. The quantitative estimate of drug-likeness (QED) is 0.0609. The van der Waals surface area contributed by atoms with Gasteiger partial charge in [0.15, 0.2) is 0 Å². The highest BCUT2D eigenvalue weighted by molar-refractivity contribution is 5.49. The molecule has 6 heterocycles. The summed E-state index contributed by atoms with van der Waals surface area (Å²) in [6.07, 6.45) is 65.7. The molecule has 0 aliphatic carbocycles. The van der Waals surface area contributed by atoms with Gasteiger partial charge in [-0.3, -0.25) is 19.6 Å². The summed E-state index contributed by atoms with van der Waals surface area (Å²) in [6, 6.07) is 1.19. The van der Waals surface area contributed by atoms with E-state index in [1.807, 2.05) is 0 Å². The fourth-order valence-electron chi connectivity index (χ4n) is 22.1. The Kier molecular flexibility index (Phi) is 47.1. The van der Waals surface area contributed by atoms with Gasteiger partial charge in [-0.2, -0.15) is 29.9 Å². The molecule has 0 aromatic carbocycles. The molecular weight excluding hydrogens is 1490 g/mol. The molecule has 6 rings (SSSR count). The van der Waals surface area contributed by atoms with Crippen LogP contribution in [0.1, 0.15) is 479 Å². The number of rotatable bonds is 65. The molecule has 17 heteroatoms. The van der Waals surface area contributed by atoms with Crippen molar-refractivity contribution in [3.63, 3.8) is 0 Å². The van der Waals surface area contributed by atoms with E-state index in [0.717, 1.165) is 184 Å². The first-order valence-corrected chi connectivity index (χ1v) is 52.2. The van der Waals surface area contributed by atoms with Gasteiger partial charge in [0.2, 0.25) is 35.7 Å². The van der Waals surface area contributed by atoms with Crippen molar-refractivity contribution in [1.29, 1.82) is 0 Å². The molecule has 4 fully saturated rings. The molecule has 0 amide bonds. The van der Waals surface area contributed by atoms with Gasteiger partial charge in [-0.05, 0) is 255 Å². The summed E-state index contributed by atoms with van der Waals surface area (Å²) in [4.78, 5) is 58.7. The highest BCUT2D eigenvalue weighted by Crippen LogP contribution is 2.46. The van der Waals surface area contributed by atoms with Gasteiger partial charge in [-0.25, -0.2) is 0 Å². The third kappa shape index (κ3) is 35.9. The molecule has 4 aliphatic rings. The van der Waals surface area contributed by atoms with Gasteiger partial charge < -0.3 is 35.1 Å². The number of aromatic nitrogens is 6. The van der Waals surface area contributed by atoms with Gasteiger partial charge in [-0.1, -0.05) is 272 Å². The van der Waals surface area contributed by atoms with Gasteiger partial charge in [0.25, 0.3) is 0 Å². The van der Waals surface area contributed by atoms with Gasteiger partial charge in [0.1, 0.15) is 0 Å². The minimum absolute atomic E-state index is 0.0107. The Balaban J connectivity index is 1.33. The topological polar surface area (TPSA) is 131 Å². The smallest absolute Gasteiger partial charge is 0.232 e. The average Bonchev–Trinajstić information content (AvgIpc) is 0.782. The average molecular weight is 1690 g/mol. The zero-order valence-corrected chi connectivity index (χ0v) is 85.2. The Bertz CT molecular complexity index is 2610. The van der Waals surface area contributed by atoms with Crippen LogP contribution in [0.2, 0.25) is 0 Å². The molecule has 2 aromatic rings. The number of hydrogen-bond acceptors (Lipinski definition) is 17. The fourth-order valence-corrected chi connectivity index (χ4v) is 22.1. The lowest BCUT2D eigenvalue weighted by Crippen LogP contribution is -2.63. The van der Waals surface area contributed by atoms with Crippen molar-refractivity contribution in [1.82, 2.24) is 54.4 Å². The molecule has 0 bridgehead atoms. The standard InChI is InChI=1S/C104H203N17/c1-26-31-36-40-44-48-52-56-60-64-75-118(87-79-97(6,7)113(22)98(8,9)80-87)93-107-91(108-94(111-93)119(76-65-61-57-53-49-45-41-37-32-27-2)88-81-99(10,11)114(23)100(12,13)82-88)105-70-68-73-117(72-35-30-5)74-69-71-106-92-109-95(120(77-66-62-58-54-50-46-42-38-33-28-3)89-83-101(14,15)115(24)102(16,17)84-89)112-96(110-92)121(78-67-63-59-55-51-47-43-39-34-29-4)90-85-103(18,19)116(25)104(20,21)86-90/h87-90H,26-86H2,1-25H3,(H,105,107,108,111)(H,106,109,110,112). The van der Waals surface area contributed by atoms with Crippen LogP contribution in [0.3, 0.4) is 0 Å². The number of likely N-dealkylation sites (tertiary alicyclic amines) is 4. The molecule has 0 spiro atoms. The zero-order valence-electron chi connectivity index (χ0n) is 85.2. The van der Waals surface area contributed by atoms with E-state index in [4.69, 9.17) is 29.9 Å². The predicted molar refractivity (Wildman–Crippen MR) is 530 cm³/mol. The summed E-state index contributed by atoms with van der Waals surface area (Å²) >= 11 is 0. The van der Waals surface area contributed by atoms with Crippen molar-refractivity contribution in [3.8, 4) is 0 Å². The highest BCUT2D eigenvalue weighted by atomic mass is 15.4. The second-order valence-corrected chi connectivity index (χ2v) is 44.8. The van der Waals surface area contributed by atoms with Crippen molar-refractivity contribution < 1.29 is 0 Å². The highest BCUT2D eigenvalue weighted by Gasteiger charge is 2.50. The van der Waals surface area contributed by atoms with Crippen LogP contribution in [0.4, 0.5) is 35.7 Å². The van der Waals surface area contributed by atoms with Crippen LogP contribution < -0.4 is 30.2 Å². The van der Waals surface area contributed by atoms with Crippen LogP contribution in [0.5, 0.6) is 0 Å². The summed E-state index contributed by atoms with van der Waals surface area (Å²) in [6.45, 7) is 59.8. The van der Waals surface area contributed by atoms with Crippen molar-refractivity contribution in [2.45, 2.75) is 548 Å². The normalized spacial score (nSPS) is 19.6. The van der Waals surface area contributed by atoms with Crippen LogP contribution in [0.15, 0.2) is 0 Å². The van der Waals surface area contributed by atoms with E-state index in [1.165, 1.54) is 244 Å². The lowest BCUT2D eigenvalue weighted by Gasteiger charge is -2.56. The minimum atomic E-state index is 0.0107. The Labute approximate surface area is 750 Å². The molecule has 0 atom stereocenters. The summed E-state index contributed by atoms with van der Waals surface area (Å²) < 4.78 is 0. The van der Waals surface area contributed by atoms with E-state index in [1.54, 1.807) is 0 Å². The second-order valence-electron chi connectivity index (χ2n) is 44.8. The Hall–Kier alpha value is -3.38. The Morgan fingerprint density at radius 1 is 0.223 bits per heavy atom. The lowest BCUT2D eigenvalue weighted by molar-refractivity contribution is -0.0135. The zero-order chi connectivity index (χ0) is 88.8. The molecular formula is C104H203N17. The molecule has 0 unspecified atom stereocenters. The number of hydrogen-bond donors (Lipinski definition) is 2. The van der Waals surface area contributed by atoms with Crippen molar-refractivity contribution in [2.75, 3.05) is 117 Å². The number of piperidine rings is 4. The number of nitrogens with one attached hydrogen (secondary N) is 2. The molecule has 2 N–H and O–H groups in total. The number of nitrogens with zero attached hydrogens (tertiary/aromatic N) is 15.